The van der Waals surface area contributed by atoms with Crippen molar-refractivity contribution in [2.24, 2.45) is 0 Å². The minimum atomic E-state index is -5.02. The van der Waals surface area contributed by atoms with Gasteiger partial charge in [-0.2, -0.15) is 13.2 Å². The van der Waals surface area contributed by atoms with E-state index in [0.29, 0.717) is 0 Å². The van der Waals surface area contributed by atoms with Crippen molar-refractivity contribution in [1.82, 2.24) is 0 Å². The highest BCUT2D eigenvalue weighted by Crippen LogP contribution is 2.38. The van der Waals surface area contributed by atoms with Crippen molar-refractivity contribution in [2.45, 2.75) is 13.1 Å². The summed E-state index contributed by atoms with van der Waals surface area (Å²) < 4.78 is 61.9. The van der Waals surface area contributed by atoms with Crippen molar-refractivity contribution in [1.29, 1.82) is 0 Å². The Hall–Kier alpha value is -4.27. The lowest BCUT2D eigenvalue weighted by atomic mass is 10.2. The van der Waals surface area contributed by atoms with Crippen molar-refractivity contribution in [3.05, 3.63) is 93.8 Å². The Bertz CT molecular complexity index is 1420. The fraction of sp³-hybridized carbons (Fsp3) is 0.120. The molecule has 4 aromatic rings. The van der Waals surface area contributed by atoms with Crippen molar-refractivity contribution < 1.29 is 36.6 Å². The Morgan fingerprint density at radius 3 is 2.29 bits per heavy atom. The molecule has 3 aromatic carbocycles. The average Bonchev–Trinajstić information content (AvgIpc) is 2.81. The van der Waals surface area contributed by atoms with Gasteiger partial charge in [0.2, 0.25) is 11.2 Å². The third kappa shape index (κ3) is 4.59. The number of hydrogen-bond donors (Lipinski definition) is 0. The molecule has 0 unspecified atom stereocenters. The quantitative estimate of drug-likeness (QED) is 0.258. The Morgan fingerprint density at radius 2 is 1.62 bits per heavy atom. The molecule has 0 saturated heterocycles. The van der Waals surface area contributed by atoms with Crippen molar-refractivity contribution >= 4 is 16.9 Å². The van der Waals surface area contributed by atoms with Crippen LogP contribution < -0.4 is 19.6 Å². The Morgan fingerprint density at radius 1 is 0.941 bits per heavy atom. The normalized spacial score (nSPS) is 11.3. The van der Waals surface area contributed by atoms with Gasteiger partial charge in [0.15, 0.2) is 0 Å². The number of aryl methyl sites for hydroxylation is 1. The first-order valence-electron chi connectivity index (χ1n) is 9.95. The van der Waals surface area contributed by atoms with E-state index in [-0.39, 0.29) is 28.2 Å². The first-order valence-corrected chi connectivity index (χ1v) is 9.95. The molecule has 0 aliphatic heterocycles. The lowest BCUT2D eigenvalue weighted by Crippen LogP contribution is -2.15. The molecule has 0 fully saturated rings. The summed E-state index contributed by atoms with van der Waals surface area (Å²) >= 11 is 0. The number of halogens is 3. The SMILES string of the molecule is COc1ccccc1C(=O)Oc1ccc2c(=O)c(Oc3ccc(C)cc3)c(C(F)(F)F)oc2c1. The fourth-order valence-electron chi connectivity index (χ4n) is 3.20. The van der Waals surface area contributed by atoms with Gasteiger partial charge < -0.3 is 18.6 Å². The molecule has 0 bridgehead atoms. The molecule has 9 heteroatoms. The Labute approximate surface area is 191 Å². The van der Waals surface area contributed by atoms with Gasteiger partial charge in [-0.3, -0.25) is 4.79 Å². The number of ether oxygens (including phenoxy) is 3. The number of alkyl halides is 3. The van der Waals surface area contributed by atoms with Gasteiger partial charge in [-0.25, -0.2) is 4.79 Å². The Kier molecular flexibility index (Phi) is 6.02. The largest absolute Gasteiger partial charge is 0.496 e. The maximum atomic E-state index is 13.7. The van der Waals surface area contributed by atoms with E-state index < -0.39 is 34.7 Å². The van der Waals surface area contributed by atoms with Crippen molar-refractivity contribution in [2.75, 3.05) is 7.11 Å². The molecule has 0 spiro atoms. The molecule has 1 aromatic heterocycles. The van der Waals surface area contributed by atoms with Crippen molar-refractivity contribution in [3.8, 4) is 23.0 Å². The maximum absolute atomic E-state index is 13.7. The number of carbonyl (C=O) groups excluding carboxylic acids is 1. The number of esters is 1. The lowest BCUT2D eigenvalue weighted by molar-refractivity contribution is -0.154. The summed E-state index contributed by atoms with van der Waals surface area (Å²) in [4.78, 5) is 25.4. The van der Waals surface area contributed by atoms with E-state index in [4.69, 9.17) is 18.6 Å². The predicted octanol–water partition coefficient (Wildman–Crippen LogP) is 6.14. The highest BCUT2D eigenvalue weighted by atomic mass is 19.4. The van der Waals surface area contributed by atoms with Crippen LogP contribution in [0.2, 0.25) is 0 Å². The number of para-hydroxylation sites is 1. The van der Waals surface area contributed by atoms with Gasteiger partial charge in [0.1, 0.15) is 28.4 Å². The molecule has 0 N–H and O–H groups in total. The molecular weight excluding hydrogens is 453 g/mol. The molecule has 0 saturated carbocycles. The van der Waals surface area contributed by atoms with E-state index in [2.05, 4.69) is 0 Å². The highest BCUT2D eigenvalue weighted by Gasteiger charge is 2.40. The van der Waals surface area contributed by atoms with Crippen LogP contribution >= 0.6 is 0 Å². The Balaban J connectivity index is 1.75. The zero-order valence-electron chi connectivity index (χ0n) is 17.9. The first-order chi connectivity index (χ1) is 16.2. The number of benzene rings is 3. The van der Waals surface area contributed by atoms with Gasteiger partial charge in [-0.1, -0.05) is 29.8 Å². The summed E-state index contributed by atoms with van der Waals surface area (Å²) in [6, 6.07) is 16.0. The smallest absolute Gasteiger partial charge is 0.453 e. The molecule has 0 amide bonds. The van der Waals surface area contributed by atoms with E-state index in [0.717, 1.165) is 11.6 Å². The third-order valence-electron chi connectivity index (χ3n) is 4.86. The van der Waals surface area contributed by atoms with E-state index in [1.807, 2.05) is 0 Å². The van der Waals surface area contributed by atoms with Crippen LogP contribution in [0.5, 0.6) is 23.0 Å². The van der Waals surface area contributed by atoms with Crippen LogP contribution in [-0.2, 0) is 6.18 Å². The lowest BCUT2D eigenvalue weighted by Gasteiger charge is -2.14. The highest BCUT2D eigenvalue weighted by molar-refractivity contribution is 5.94. The van der Waals surface area contributed by atoms with Crippen LogP contribution in [0, 0.1) is 6.92 Å². The number of fused-ring (bicyclic) bond motifs is 1. The zero-order valence-corrected chi connectivity index (χ0v) is 17.9. The topological polar surface area (TPSA) is 75.0 Å². The molecule has 0 aliphatic rings. The second kappa shape index (κ2) is 8.93. The molecule has 0 aliphatic carbocycles. The average molecular weight is 470 g/mol. The molecular formula is C25H17F3O6. The monoisotopic (exact) mass is 470 g/mol. The van der Waals surface area contributed by atoms with E-state index in [1.165, 1.54) is 37.4 Å². The van der Waals surface area contributed by atoms with Gasteiger partial charge in [0.25, 0.3) is 5.76 Å². The number of carbonyl (C=O) groups is 1. The fourth-order valence-corrected chi connectivity index (χ4v) is 3.20. The third-order valence-corrected chi connectivity index (χ3v) is 4.86. The molecule has 4 rings (SSSR count). The zero-order chi connectivity index (χ0) is 24.5. The number of hydrogen-bond acceptors (Lipinski definition) is 6. The summed E-state index contributed by atoms with van der Waals surface area (Å²) in [5.41, 5.74) is -0.454. The van der Waals surface area contributed by atoms with Crippen LogP contribution in [0.4, 0.5) is 13.2 Å². The summed E-state index contributed by atoms with van der Waals surface area (Å²) in [6.45, 7) is 1.80. The molecule has 6 nitrogen and oxygen atoms in total. The van der Waals surface area contributed by atoms with Crippen LogP contribution in [-0.4, -0.2) is 13.1 Å². The first kappa shape index (κ1) is 22.9. The van der Waals surface area contributed by atoms with Crippen LogP contribution in [0.25, 0.3) is 11.0 Å². The standard InChI is InChI=1S/C25H17F3O6/c1-14-7-9-15(10-8-14)32-22-21(29)17-12-11-16(13-20(17)34-23(22)25(26,27)28)33-24(30)18-5-3-4-6-19(18)31-2/h3-13H,1-2H3. The summed E-state index contributed by atoms with van der Waals surface area (Å²) in [5, 5.41) is -0.174. The molecule has 0 radical (unpaired) electrons. The van der Waals surface area contributed by atoms with Gasteiger partial charge in [-0.15, -0.1) is 0 Å². The second-order valence-corrected chi connectivity index (χ2v) is 7.25. The molecule has 0 atom stereocenters. The second-order valence-electron chi connectivity index (χ2n) is 7.25. The summed E-state index contributed by atoms with van der Waals surface area (Å²) in [6.07, 6.45) is -5.02. The summed E-state index contributed by atoms with van der Waals surface area (Å²) in [5.74, 6) is -3.19. The molecule has 1 heterocycles. The van der Waals surface area contributed by atoms with Gasteiger partial charge in [0, 0.05) is 6.07 Å². The molecule has 34 heavy (non-hydrogen) atoms. The van der Waals surface area contributed by atoms with E-state index in [9.17, 15) is 22.8 Å². The van der Waals surface area contributed by atoms with E-state index in [1.54, 1.807) is 37.3 Å². The van der Waals surface area contributed by atoms with Crippen LogP contribution in [0.3, 0.4) is 0 Å². The van der Waals surface area contributed by atoms with Crippen LogP contribution in [0.15, 0.2) is 75.9 Å². The van der Waals surface area contributed by atoms with Gasteiger partial charge in [-0.05, 0) is 43.3 Å². The number of rotatable bonds is 5. The molecule has 174 valence electrons. The van der Waals surface area contributed by atoms with Gasteiger partial charge in [0.05, 0.1) is 12.5 Å². The van der Waals surface area contributed by atoms with Crippen molar-refractivity contribution in [3.63, 3.8) is 0 Å². The van der Waals surface area contributed by atoms with E-state index >= 15 is 0 Å². The number of methoxy groups -OCH3 is 1. The summed E-state index contributed by atoms with van der Waals surface area (Å²) in [7, 11) is 1.38. The minimum Gasteiger partial charge on any atom is -0.496 e. The van der Waals surface area contributed by atoms with Crippen LogP contribution in [0.1, 0.15) is 21.7 Å². The predicted molar refractivity (Wildman–Crippen MR) is 117 cm³/mol. The maximum Gasteiger partial charge on any atom is 0.453 e. The van der Waals surface area contributed by atoms with Gasteiger partial charge >= 0.3 is 12.1 Å². The minimum absolute atomic E-state index is 0.0464.